The van der Waals surface area contributed by atoms with Gasteiger partial charge in [0.15, 0.2) is 9.84 Å². The monoisotopic (exact) mass is 491 g/mol. The van der Waals surface area contributed by atoms with E-state index in [-0.39, 0.29) is 37.2 Å². The lowest BCUT2D eigenvalue weighted by molar-refractivity contribution is -0.143. The fourth-order valence-corrected chi connectivity index (χ4v) is 4.96. The number of amides is 1. The molecule has 1 fully saturated rings. The Morgan fingerprint density at radius 3 is 2.62 bits per heavy atom. The number of rotatable bonds is 9. The fraction of sp³-hybridized carbons (Fsp3) is 0.227. The molecule has 32 heavy (non-hydrogen) atoms. The Labute approximate surface area is 196 Å². The Hall–Kier alpha value is -2.69. The van der Waals surface area contributed by atoms with Crippen LogP contribution >= 0.6 is 24.0 Å². The molecule has 7 nitrogen and oxygen atoms in total. The number of ether oxygens (including phenoxy) is 1. The van der Waals surface area contributed by atoms with Crippen molar-refractivity contribution in [2.75, 3.05) is 13.2 Å². The van der Waals surface area contributed by atoms with Gasteiger partial charge >= 0.3 is 5.97 Å². The normalized spacial score (nSPS) is 15.4. The Morgan fingerprint density at radius 1 is 1.25 bits per heavy atom. The molecule has 0 saturated carbocycles. The van der Waals surface area contributed by atoms with Crippen LogP contribution in [0.3, 0.4) is 0 Å². The lowest BCUT2D eigenvalue weighted by atomic mass is 10.1. The average Bonchev–Trinajstić information content (AvgIpc) is 3.32. The SMILES string of the molecule is C=CS(=O)(=O)Cc1ccc(-c2ccc(/C=C3/SC(=S)N(CCC(=O)OCC)C3=O)o2)cc1. The zero-order chi connectivity index (χ0) is 23.3. The van der Waals surface area contributed by atoms with Crippen LogP contribution in [-0.2, 0) is 29.9 Å². The summed E-state index contributed by atoms with van der Waals surface area (Å²) in [6.07, 6.45) is 1.68. The Morgan fingerprint density at radius 2 is 1.97 bits per heavy atom. The molecule has 1 saturated heterocycles. The zero-order valence-electron chi connectivity index (χ0n) is 17.3. The molecular weight excluding hydrogens is 470 g/mol. The minimum Gasteiger partial charge on any atom is -0.466 e. The second-order valence-electron chi connectivity index (χ2n) is 6.76. The zero-order valence-corrected chi connectivity index (χ0v) is 19.7. The van der Waals surface area contributed by atoms with Crippen molar-refractivity contribution in [3.05, 3.63) is 64.6 Å². The highest BCUT2D eigenvalue weighted by molar-refractivity contribution is 8.26. The largest absolute Gasteiger partial charge is 0.466 e. The van der Waals surface area contributed by atoms with Crippen molar-refractivity contribution < 1.29 is 27.2 Å². The number of hydrogen-bond acceptors (Lipinski definition) is 8. The third-order valence-corrected chi connectivity index (χ3v) is 7.10. The van der Waals surface area contributed by atoms with Gasteiger partial charge in [0.05, 0.1) is 23.7 Å². The first-order valence-electron chi connectivity index (χ1n) is 9.67. The van der Waals surface area contributed by atoms with E-state index in [1.54, 1.807) is 49.4 Å². The van der Waals surface area contributed by atoms with Crippen LogP contribution in [0, 0.1) is 0 Å². The summed E-state index contributed by atoms with van der Waals surface area (Å²) in [5, 5.41) is 0.944. The molecule has 3 rings (SSSR count). The summed E-state index contributed by atoms with van der Waals surface area (Å²) in [5.41, 5.74) is 1.42. The minimum absolute atomic E-state index is 0.0720. The summed E-state index contributed by atoms with van der Waals surface area (Å²) in [6, 6.07) is 10.5. The first kappa shape index (κ1) is 24.0. The van der Waals surface area contributed by atoms with E-state index in [1.165, 1.54) is 4.90 Å². The molecule has 1 aliphatic rings. The van der Waals surface area contributed by atoms with Crippen molar-refractivity contribution in [2.45, 2.75) is 19.1 Å². The third-order valence-electron chi connectivity index (χ3n) is 4.48. The van der Waals surface area contributed by atoms with Gasteiger partial charge in [-0.15, -0.1) is 0 Å². The number of benzene rings is 1. The number of carbonyl (C=O) groups is 2. The van der Waals surface area contributed by atoms with Crippen LogP contribution in [0.25, 0.3) is 17.4 Å². The minimum atomic E-state index is -3.33. The van der Waals surface area contributed by atoms with Gasteiger partial charge in [-0.1, -0.05) is 54.8 Å². The Balaban J connectivity index is 1.69. The van der Waals surface area contributed by atoms with E-state index in [2.05, 4.69) is 6.58 Å². The van der Waals surface area contributed by atoms with E-state index in [0.29, 0.717) is 26.3 Å². The van der Waals surface area contributed by atoms with Crippen molar-refractivity contribution >= 4 is 56.1 Å². The van der Waals surface area contributed by atoms with Gasteiger partial charge in [0.25, 0.3) is 5.91 Å². The van der Waals surface area contributed by atoms with E-state index in [4.69, 9.17) is 21.4 Å². The Kier molecular flexibility index (Phi) is 7.70. The van der Waals surface area contributed by atoms with Crippen LogP contribution in [0.5, 0.6) is 0 Å². The number of nitrogens with zero attached hydrogens (tertiary/aromatic N) is 1. The maximum atomic E-state index is 12.6. The van der Waals surface area contributed by atoms with Gasteiger partial charge in [0.2, 0.25) is 0 Å². The van der Waals surface area contributed by atoms with E-state index in [9.17, 15) is 18.0 Å². The van der Waals surface area contributed by atoms with Crippen molar-refractivity contribution in [1.29, 1.82) is 0 Å². The Bertz CT molecular complexity index is 1180. The summed E-state index contributed by atoms with van der Waals surface area (Å²) < 4.78 is 34.4. The molecule has 0 unspecified atom stereocenters. The van der Waals surface area contributed by atoms with Gasteiger partial charge < -0.3 is 9.15 Å². The van der Waals surface area contributed by atoms with Gasteiger partial charge in [-0.05, 0) is 24.6 Å². The maximum absolute atomic E-state index is 12.6. The molecule has 2 aromatic rings. The molecule has 0 bridgehead atoms. The predicted molar refractivity (Wildman–Crippen MR) is 128 cm³/mol. The predicted octanol–water partition coefficient (Wildman–Crippen LogP) is 4.16. The van der Waals surface area contributed by atoms with Gasteiger partial charge in [-0.2, -0.15) is 0 Å². The first-order chi connectivity index (χ1) is 15.2. The van der Waals surface area contributed by atoms with Crippen LogP contribution < -0.4 is 0 Å². The second-order valence-corrected chi connectivity index (χ2v) is 10.4. The summed E-state index contributed by atoms with van der Waals surface area (Å²) in [4.78, 5) is 26.0. The smallest absolute Gasteiger partial charge is 0.307 e. The first-order valence-corrected chi connectivity index (χ1v) is 12.6. The van der Waals surface area contributed by atoms with Crippen molar-refractivity contribution in [3.8, 4) is 11.3 Å². The molecule has 10 heteroatoms. The molecule has 0 N–H and O–H groups in total. The molecule has 2 heterocycles. The summed E-state index contributed by atoms with van der Waals surface area (Å²) >= 11 is 6.41. The molecule has 0 spiro atoms. The highest BCUT2D eigenvalue weighted by Crippen LogP contribution is 2.33. The molecule has 168 valence electrons. The van der Waals surface area contributed by atoms with Crippen LogP contribution in [0.2, 0.25) is 0 Å². The average molecular weight is 492 g/mol. The van der Waals surface area contributed by atoms with E-state index in [0.717, 1.165) is 22.7 Å². The molecule has 0 atom stereocenters. The summed E-state index contributed by atoms with van der Waals surface area (Å²) in [5.74, 6) is 0.277. The number of furan rings is 1. The highest BCUT2D eigenvalue weighted by Gasteiger charge is 2.32. The van der Waals surface area contributed by atoms with Crippen molar-refractivity contribution in [2.24, 2.45) is 0 Å². The standard InChI is InChI=1S/C22H21NO6S3/c1-3-28-20(24)11-12-23-21(25)19(31-22(23)30)13-17-9-10-18(29-17)16-7-5-15(6-8-16)14-32(26,27)4-2/h4-10,13H,2-3,11-12,14H2,1H3/b19-13+. The number of carbonyl (C=O) groups excluding carboxylic acids is 2. The van der Waals surface area contributed by atoms with E-state index < -0.39 is 9.84 Å². The molecule has 0 radical (unpaired) electrons. The van der Waals surface area contributed by atoms with Gasteiger partial charge in [-0.25, -0.2) is 8.42 Å². The van der Waals surface area contributed by atoms with Crippen molar-refractivity contribution in [1.82, 2.24) is 4.90 Å². The third kappa shape index (κ3) is 5.96. The number of esters is 1. The van der Waals surface area contributed by atoms with Crippen LogP contribution in [0.4, 0.5) is 0 Å². The lowest BCUT2D eigenvalue weighted by Gasteiger charge is -2.13. The summed E-state index contributed by atoms with van der Waals surface area (Å²) in [6.45, 7) is 5.49. The highest BCUT2D eigenvalue weighted by atomic mass is 32.2. The van der Waals surface area contributed by atoms with E-state index >= 15 is 0 Å². The lowest BCUT2D eigenvalue weighted by Crippen LogP contribution is -2.30. The van der Waals surface area contributed by atoms with Gasteiger partial charge in [0.1, 0.15) is 15.8 Å². The fourth-order valence-electron chi connectivity index (χ4n) is 2.90. The quantitative estimate of drug-likeness (QED) is 0.293. The molecule has 1 aliphatic heterocycles. The number of thiocarbonyl (C=S) groups is 1. The summed E-state index contributed by atoms with van der Waals surface area (Å²) in [7, 11) is -3.33. The topological polar surface area (TPSA) is 93.9 Å². The van der Waals surface area contributed by atoms with Crippen LogP contribution in [-0.4, -0.2) is 42.7 Å². The maximum Gasteiger partial charge on any atom is 0.307 e. The second kappa shape index (κ2) is 10.3. The molecule has 1 amide bonds. The van der Waals surface area contributed by atoms with Crippen LogP contribution in [0.15, 0.2) is 57.7 Å². The van der Waals surface area contributed by atoms with Gasteiger partial charge in [0, 0.05) is 23.6 Å². The number of sulfone groups is 1. The van der Waals surface area contributed by atoms with Gasteiger partial charge in [-0.3, -0.25) is 14.5 Å². The van der Waals surface area contributed by atoms with Crippen molar-refractivity contribution in [3.63, 3.8) is 0 Å². The molecular formula is C22H21NO6S3. The number of thioether (sulfide) groups is 1. The van der Waals surface area contributed by atoms with E-state index in [1.807, 2.05) is 0 Å². The molecule has 0 aliphatic carbocycles. The molecule has 1 aromatic heterocycles. The van der Waals surface area contributed by atoms with Crippen LogP contribution in [0.1, 0.15) is 24.7 Å². The molecule has 1 aromatic carbocycles. The number of hydrogen-bond donors (Lipinski definition) is 0.